The Morgan fingerprint density at radius 3 is 2.36 bits per heavy atom. The molecule has 1 saturated heterocycles. The van der Waals surface area contributed by atoms with Gasteiger partial charge in [-0.15, -0.1) is 0 Å². The minimum atomic E-state index is -0.557. The van der Waals surface area contributed by atoms with Gasteiger partial charge in [0.25, 0.3) is 5.91 Å². The molecular formula is C35H42FN3O3. The smallest absolute Gasteiger partial charge is 0.257 e. The number of benzene rings is 3. The van der Waals surface area contributed by atoms with Gasteiger partial charge in [0.05, 0.1) is 23.6 Å². The summed E-state index contributed by atoms with van der Waals surface area (Å²) in [6, 6.07) is 20.0. The lowest BCUT2D eigenvalue weighted by Gasteiger charge is -2.41. The second-order valence-electron chi connectivity index (χ2n) is 12.9. The van der Waals surface area contributed by atoms with Crippen LogP contribution in [-0.2, 0) is 10.2 Å². The molecule has 6 nitrogen and oxygen atoms in total. The van der Waals surface area contributed by atoms with Crippen LogP contribution < -0.4 is 10.6 Å². The van der Waals surface area contributed by atoms with E-state index in [1.54, 1.807) is 24.0 Å². The van der Waals surface area contributed by atoms with E-state index < -0.39 is 23.7 Å². The number of anilines is 2. The predicted octanol–water partition coefficient (Wildman–Crippen LogP) is 6.99. The summed E-state index contributed by atoms with van der Waals surface area (Å²) >= 11 is 0. The van der Waals surface area contributed by atoms with Gasteiger partial charge in [-0.1, -0.05) is 57.2 Å². The van der Waals surface area contributed by atoms with Crippen molar-refractivity contribution in [1.29, 1.82) is 0 Å². The molecule has 1 heterocycles. The Balaban J connectivity index is 1.46. The molecular weight excluding hydrogens is 529 g/mol. The van der Waals surface area contributed by atoms with E-state index in [9.17, 15) is 19.1 Å². The minimum absolute atomic E-state index is 0.0551. The fourth-order valence-corrected chi connectivity index (χ4v) is 6.36. The van der Waals surface area contributed by atoms with Crippen LogP contribution in [0.2, 0.25) is 0 Å². The number of nitrogens with zero attached hydrogens (tertiary/aromatic N) is 1. The van der Waals surface area contributed by atoms with E-state index in [1.165, 1.54) is 6.07 Å². The molecule has 2 fully saturated rings. The fraction of sp³-hybridized carbons (Fsp3) is 0.429. The van der Waals surface area contributed by atoms with Crippen molar-refractivity contribution < 1.29 is 19.1 Å². The van der Waals surface area contributed by atoms with Gasteiger partial charge in [0, 0.05) is 24.0 Å². The maximum absolute atomic E-state index is 15.0. The van der Waals surface area contributed by atoms with Gasteiger partial charge in [0.1, 0.15) is 5.82 Å². The molecule has 0 aromatic heterocycles. The van der Waals surface area contributed by atoms with Crippen molar-refractivity contribution in [3.8, 4) is 0 Å². The quantitative estimate of drug-likeness (QED) is 0.298. The number of nitrogens with one attached hydrogen (secondary N) is 2. The van der Waals surface area contributed by atoms with Crippen molar-refractivity contribution in [3.05, 3.63) is 94.8 Å². The van der Waals surface area contributed by atoms with Gasteiger partial charge in [0.2, 0.25) is 5.91 Å². The number of piperidine rings is 1. The van der Waals surface area contributed by atoms with E-state index in [0.717, 1.165) is 35.3 Å². The van der Waals surface area contributed by atoms with Crippen LogP contribution in [0, 0.1) is 18.7 Å². The third kappa shape index (κ3) is 6.51. The summed E-state index contributed by atoms with van der Waals surface area (Å²) in [6.07, 6.45) is 3.39. The highest BCUT2D eigenvalue weighted by Gasteiger charge is 2.40. The first kappa shape index (κ1) is 29.8. The van der Waals surface area contributed by atoms with Crippen molar-refractivity contribution in [2.24, 2.45) is 5.92 Å². The molecule has 7 heteroatoms. The number of rotatable bonds is 6. The average molecular weight is 572 g/mol. The Hall–Kier alpha value is -3.71. The van der Waals surface area contributed by atoms with Crippen LogP contribution in [0.4, 0.5) is 15.8 Å². The molecule has 3 aromatic carbocycles. The molecule has 2 unspecified atom stereocenters. The zero-order valence-corrected chi connectivity index (χ0v) is 25.0. The predicted molar refractivity (Wildman–Crippen MR) is 165 cm³/mol. The number of hydrogen-bond acceptors (Lipinski definition) is 4. The van der Waals surface area contributed by atoms with Crippen LogP contribution in [0.25, 0.3) is 0 Å². The number of aryl methyl sites for hydroxylation is 1. The molecule has 222 valence electrons. The molecule has 1 aliphatic heterocycles. The van der Waals surface area contributed by atoms with Gasteiger partial charge in [0.15, 0.2) is 0 Å². The normalized spacial score (nSPS) is 22.6. The number of aliphatic hydroxyl groups excluding tert-OH is 1. The number of hydrogen-bond donors (Lipinski definition) is 3. The van der Waals surface area contributed by atoms with E-state index in [-0.39, 0.29) is 29.0 Å². The van der Waals surface area contributed by atoms with Crippen LogP contribution in [0.15, 0.2) is 66.7 Å². The van der Waals surface area contributed by atoms with Crippen molar-refractivity contribution >= 4 is 23.2 Å². The molecule has 5 rings (SSSR count). The Labute approximate surface area is 248 Å². The first-order valence-electron chi connectivity index (χ1n) is 15.0. The third-order valence-corrected chi connectivity index (χ3v) is 8.69. The molecule has 0 radical (unpaired) electrons. The van der Waals surface area contributed by atoms with E-state index >= 15 is 0 Å². The first-order chi connectivity index (χ1) is 20.0. The van der Waals surface area contributed by atoms with E-state index in [4.69, 9.17) is 0 Å². The SMILES string of the molecule is Cc1cccc(F)c1C(=O)N1CCC[C@H](C(=O)Nc2cccc(C(C)(C)C)c2)[C@@H]1c1ccc(NC2CCC(O)C2)cc1. The van der Waals surface area contributed by atoms with Gasteiger partial charge < -0.3 is 20.6 Å². The lowest BCUT2D eigenvalue weighted by atomic mass is 9.83. The van der Waals surface area contributed by atoms with Crippen LogP contribution >= 0.6 is 0 Å². The number of likely N-dealkylation sites (tertiary alicyclic amines) is 1. The second kappa shape index (κ2) is 12.3. The minimum Gasteiger partial charge on any atom is -0.393 e. The zero-order valence-electron chi connectivity index (χ0n) is 25.0. The molecule has 1 saturated carbocycles. The van der Waals surface area contributed by atoms with Gasteiger partial charge in [-0.3, -0.25) is 9.59 Å². The summed E-state index contributed by atoms with van der Waals surface area (Å²) in [7, 11) is 0. The molecule has 2 amide bonds. The van der Waals surface area contributed by atoms with Gasteiger partial charge in [-0.25, -0.2) is 4.39 Å². The van der Waals surface area contributed by atoms with Crippen molar-refractivity contribution in [1.82, 2.24) is 4.90 Å². The van der Waals surface area contributed by atoms with Gasteiger partial charge in [-0.2, -0.15) is 0 Å². The Kier molecular flexibility index (Phi) is 8.69. The molecule has 0 bridgehead atoms. The summed E-state index contributed by atoms with van der Waals surface area (Å²) in [5, 5.41) is 16.5. The van der Waals surface area contributed by atoms with Gasteiger partial charge in [-0.05, 0) is 91.5 Å². The average Bonchev–Trinajstić information content (AvgIpc) is 3.36. The van der Waals surface area contributed by atoms with Crippen LogP contribution in [0.1, 0.15) is 86.0 Å². The van der Waals surface area contributed by atoms with Crippen LogP contribution in [0.5, 0.6) is 0 Å². The summed E-state index contributed by atoms with van der Waals surface area (Å²) in [5.41, 5.74) is 4.15. The molecule has 1 aliphatic carbocycles. The summed E-state index contributed by atoms with van der Waals surface area (Å²) in [5.74, 6) is -1.62. The number of halogens is 1. The summed E-state index contributed by atoms with van der Waals surface area (Å²) in [6.45, 7) is 8.56. The molecule has 0 spiro atoms. The van der Waals surface area contributed by atoms with Crippen LogP contribution in [-0.4, -0.2) is 40.5 Å². The zero-order chi connectivity index (χ0) is 30.0. The molecule has 4 atom stereocenters. The highest BCUT2D eigenvalue weighted by Crippen LogP contribution is 2.39. The fourth-order valence-electron chi connectivity index (χ4n) is 6.36. The van der Waals surface area contributed by atoms with Crippen molar-refractivity contribution in [2.75, 3.05) is 17.2 Å². The highest BCUT2D eigenvalue weighted by molar-refractivity contribution is 5.98. The highest BCUT2D eigenvalue weighted by atomic mass is 19.1. The maximum Gasteiger partial charge on any atom is 0.257 e. The van der Waals surface area contributed by atoms with E-state index in [0.29, 0.717) is 31.4 Å². The van der Waals surface area contributed by atoms with Crippen molar-refractivity contribution in [2.45, 2.75) is 83.4 Å². The molecule has 3 aromatic rings. The van der Waals surface area contributed by atoms with Crippen LogP contribution in [0.3, 0.4) is 0 Å². The summed E-state index contributed by atoms with van der Waals surface area (Å²) < 4.78 is 15.0. The largest absolute Gasteiger partial charge is 0.393 e. The first-order valence-corrected chi connectivity index (χ1v) is 15.0. The topological polar surface area (TPSA) is 81.7 Å². The van der Waals surface area contributed by atoms with E-state index in [2.05, 4.69) is 37.5 Å². The molecule has 3 N–H and O–H groups in total. The van der Waals surface area contributed by atoms with Crippen molar-refractivity contribution in [3.63, 3.8) is 0 Å². The number of aliphatic hydroxyl groups is 1. The summed E-state index contributed by atoms with van der Waals surface area (Å²) in [4.78, 5) is 29.6. The third-order valence-electron chi connectivity index (χ3n) is 8.69. The Bertz CT molecular complexity index is 1410. The monoisotopic (exact) mass is 571 g/mol. The molecule has 2 aliphatic rings. The van der Waals surface area contributed by atoms with E-state index in [1.807, 2.05) is 42.5 Å². The van der Waals surface area contributed by atoms with Gasteiger partial charge >= 0.3 is 0 Å². The lowest BCUT2D eigenvalue weighted by molar-refractivity contribution is -0.123. The second-order valence-corrected chi connectivity index (χ2v) is 12.9. The standard InChI is InChI=1S/C35H42FN3O3/c1-22-8-5-12-30(36)31(22)34(42)39-19-7-11-29(33(41)38-26-10-6-9-24(20-26)35(2,3)4)32(39)23-13-15-25(16-14-23)37-27-17-18-28(40)21-27/h5-6,8-10,12-16,20,27-29,32,37,40H,7,11,17-19,21H2,1-4H3,(H,38,41)/t27?,28?,29-,32-/m0/s1. The maximum atomic E-state index is 15.0. The molecule has 42 heavy (non-hydrogen) atoms. The number of carbonyl (C=O) groups excluding carboxylic acids is 2. The number of amides is 2. The lowest BCUT2D eigenvalue weighted by Crippen LogP contribution is -2.46. The number of carbonyl (C=O) groups is 2. The Morgan fingerprint density at radius 1 is 0.952 bits per heavy atom. The Morgan fingerprint density at radius 2 is 1.69 bits per heavy atom.